The zero-order chi connectivity index (χ0) is 15.8. The van der Waals surface area contributed by atoms with Gasteiger partial charge in [0, 0.05) is 31.8 Å². The SMILES string of the molecule is CN(C)CCN(CCc1ccc([N+](=O)[O-])cc1)CC(=O)O. The molecule has 0 bridgehead atoms. The monoisotopic (exact) mass is 295 g/mol. The Kier molecular flexibility index (Phi) is 6.77. The van der Waals surface area contributed by atoms with Crippen LogP contribution in [0.2, 0.25) is 0 Å². The first-order valence-corrected chi connectivity index (χ1v) is 6.70. The maximum atomic E-state index is 10.9. The topological polar surface area (TPSA) is 86.9 Å². The highest BCUT2D eigenvalue weighted by Crippen LogP contribution is 2.12. The van der Waals surface area contributed by atoms with E-state index in [0.29, 0.717) is 19.5 Å². The number of hydrogen-bond donors (Lipinski definition) is 1. The van der Waals surface area contributed by atoms with Gasteiger partial charge in [0.05, 0.1) is 11.5 Å². The van der Waals surface area contributed by atoms with Crippen LogP contribution >= 0.6 is 0 Å². The van der Waals surface area contributed by atoms with E-state index in [1.54, 1.807) is 12.1 Å². The molecule has 0 heterocycles. The van der Waals surface area contributed by atoms with Crippen LogP contribution in [0.5, 0.6) is 0 Å². The Balaban J connectivity index is 2.54. The predicted octanol–water partition coefficient (Wildman–Crippen LogP) is 1.09. The van der Waals surface area contributed by atoms with E-state index in [1.165, 1.54) is 12.1 Å². The average Bonchev–Trinajstić information content (AvgIpc) is 2.41. The third-order valence-electron chi connectivity index (χ3n) is 3.09. The zero-order valence-electron chi connectivity index (χ0n) is 12.4. The molecule has 116 valence electrons. The molecule has 7 nitrogen and oxygen atoms in total. The average molecular weight is 295 g/mol. The lowest BCUT2D eigenvalue weighted by Gasteiger charge is -2.22. The molecule has 0 saturated heterocycles. The van der Waals surface area contributed by atoms with Gasteiger partial charge in [0.2, 0.25) is 0 Å². The number of carboxylic acids is 1. The van der Waals surface area contributed by atoms with E-state index < -0.39 is 10.9 Å². The molecular formula is C14H21N3O4. The van der Waals surface area contributed by atoms with Crippen molar-refractivity contribution < 1.29 is 14.8 Å². The van der Waals surface area contributed by atoms with Crippen LogP contribution in [0, 0.1) is 10.1 Å². The van der Waals surface area contributed by atoms with Gasteiger partial charge in [0.1, 0.15) is 0 Å². The van der Waals surface area contributed by atoms with Gasteiger partial charge in [-0.25, -0.2) is 0 Å². The van der Waals surface area contributed by atoms with Crippen molar-refractivity contribution in [3.05, 3.63) is 39.9 Å². The summed E-state index contributed by atoms with van der Waals surface area (Å²) in [7, 11) is 3.88. The van der Waals surface area contributed by atoms with Crippen LogP contribution in [0.3, 0.4) is 0 Å². The highest BCUT2D eigenvalue weighted by Gasteiger charge is 2.10. The van der Waals surface area contributed by atoms with Gasteiger partial charge in [-0.2, -0.15) is 0 Å². The Labute approximate surface area is 123 Å². The van der Waals surface area contributed by atoms with Gasteiger partial charge in [-0.15, -0.1) is 0 Å². The van der Waals surface area contributed by atoms with Crippen LogP contribution in [-0.2, 0) is 11.2 Å². The number of likely N-dealkylation sites (N-methyl/N-ethyl adjacent to an activating group) is 1. The van der Waals surface area contributed by atoms with Crippen LogP contribution in [0.1, 0.15) is 5.56 Å². The molecule has 0 unspecified atom stereocenters. The van der Waals surface area contributed by atoms with Gasteiger partial charge in [-0.05, 0) is 26.1 Å². The van der Waals surface area contributed by atoms with E-state index in [4.69, 9.17) is 5.11 Å². The zero-order valence-corrected chi connectivity index (χ0v) is 12.4. The smallest absolute Gasteiger partial charge is 0.317 e. The molecule has 0 aliphatic carbocycles. The Bertz CT molecular complexity index is 474. The summed E-state index contributed by atoms with van der Waals surface area (Å²) in [6.45, 7) is 2.07. The Morgan fingerprint density at radius 3 is 2.29 bits per heavy atom. The molecule has 1 N–H and O–H groups in total. The lowest BCUT2D eigenvalue weighted by Crippen LogP contribution is -2.36. The molecule has 0 aliphatic heterocycles. The quantitative estimate of drug-likeness (QED) is 0.542. The summed E-state index contributed by atoms with van der Waals surface area (Å²) >= 11 is 0. The molecule has 21 heavy (non-hydrogen) atoms. The molecule has 0 saturated carbocycles. The molecule has 0 amide bonds. The highest BCUT2D eigenvalue weighted by atomic mass is 16.6. The van der Waals surface area contributed by atoms with Crippen molar-refractivity contribution >= 4 is 11.7 Å². The van der Waals surface area contributed by atoms with Crippen molar-refractivity contribution in [3.8, 4) is 0 Å². The van der Waals surface area contributed by atoms with Crippen molar-refractivity contribution in [1.82, 2.24) is 9.80 Å². The molecule has 0 aliphatic rings. The fraction of sp³-hybridized carbons (Fsp3) is 0.500. The third kappa shape index (κ3) is 6.82. The third-order valence-corrected chi connectivity index (χ3v) is 3.09. The molecule has 0 radical (unpaired) electrons. The highest BCUT2D eigenvalue weighted by molar-refractivity contribution is 5.69. The van der Waals surface area contributed by atoms with E-state index in [1.807, 2.05) is 23.9 Å². The Hall–Kier alpha value is -1.99. The lowest BCUT2D eigenvalue weighted by atomic mass is 10.1. The lowest BCUT2D eigenvalue weighted by molar-refractivity contribution is -0.384. The minimum Gasteiger partial charge on any atom is -0.480 e. The molecule has 1 aromatic carbocycles. The van der Waals surface area contributed by atoms with Crippen LogP contribution in [-0.4, -0.2) is 66.1 Å². The van der Waals surface area contributed by atoms with Gasteiger partial charge in [0.15, 0.2) is 0 Å². The number of nitro benzene ring substituents is 1. The van der Waals surface area contributed by atoms with E-state index in [0.717, 1.165) is 12.1 Å². The number of benzene rings is 1. The Morgan fingerprint density at radius 2 is 1.81 bits per heavy atom. The summed E-state index contributed by atoms with van der Waals surface area (Å²) in [4.78, 5) is 24.9. The first-order valence-electron chi connectivity index (χ1n) is 6.70. The summed E-state index contributed by atoms with van der Waals surface area (Å²) in [5.74, 6) is -0.850. The largest absolute Gasteiger partial charge is 0.480 e. The van der Waals surface area contributed by atoms with Crippen molar-refractivity contribution in [1.29, 1.82) is 0 Å². The number of nitro groups is 1. The molecule has 0 aromatic heterocycles. The standard InChI is InChI=1S/C14H21N3O4/c1-15(2)9-10-16(11-14(18)19)8-7-12-3-5-13(6-4-12)17(20)21/h3-6H,7-11H2,1-2H3,(H,18,19). The molecular weight excluding hydrogens is 274 g/mol. The molecule has 7 heteroatoms. The first-order chi connectivity index (χ1) is 9.88. The summed E-state index contributed by atoms with van der Waals surface area (Å²) in [6.07, 6.45) is 0.665. The molecule has 1 rings (SSSR count). The number of carboxylic acid groups (broad SMARTS) is 1. The van der Waals surface area contributed by atoms with Crippen LogP contribution < -0.4 is 0 Å². The van der Waals surface area contributed by atoms with Crippen molar-refractivity contribution in [2.75, 3.05) is 40.3 Å². The van der Waals surface area contributed by atoms with Crippen LogP contribution in [0.15, 0.2) is 24.3 Å². The summed E-state index contributed by atoms with van der Waals surface area (Å²) < 4.78 is 0. The molecule has 0 fully saturated rings. The van der Waals surface area contributed by atoms with E-state index in [-0.39, 0.29) is 12.2 Å². The predicted molar refractivity (Wildman–Crippen MR) is 79.4 cm³/mol. The Morgan fingerprint density at radius 1 is 1.19 bits per heavy atom. The number of carbonyl (C=O) groups is 1. The van der Waals surface area contributed by atoms with Gasteiger partial charge in [-0.3, -0.25) is 19.8 Å². The number of hydrogen-bond acceptors (Lipinski definition) is 5. The van der Waals surface area contributed by atoms with Crippen LogP contribution in [0.25, 0.3) is 0 Å². The summed E-state index contributed by atoms with van der Waals surface area (Å²) in [5.41, 5.74) is 1.02. The van der Waals surface area contributed by atoms with Gasteiger partial charge in [0.25, 0.3) is 5.69 Å². The van der Waals surface area contributed by atoms with Crippen LogP contribution in [0.4, 0.5) is 5.69 Å². The molecule has 1 aromatic rings. The van der Waals surface area contributed by atoms with E-state index in [9.17, 15) is 14.9 Å². The number of rotatable bonds is 9. The normalized spacial score (nSPS) is 11.0. The van der Waals surface area contributed by atoms with Crippen molar-refractivity contribution in [3.63, 3.8) is 0 Å². The number of non-ortho nitro benzene ring substituents is 1. The minimum absolute atomic E-state index is 0.000815. The van der Waals surface area contributed by atoms with Gasteiger partial charge < -0.3 is 10.0 Å². The second kappa shape index (κ2) is 8.33. The number of nitrogens with zero attached hydrogens (tertiary/aromatic N) is 3. The number of aliphatic carboxylic acids is 1. The fourth-order valence-corrected chi connectivity index (χ4v) is 1.87. The molecule has 0 atom stereocenters. The second-order valence-corrected chi connectivity index (χ2v) is 5.15. The summed E-state index contributed by atoms with van der Waals surface area (Å²) in [6, 6.07) is 6.36. The first kappa shape index (κ1) is 17.1. The van der Waals surface area contributed by atoms with Gasteiger partial charge in [-0.1, -0.05) is 12.1 Å². The molecule has 0 spiro atoms. The maximum Gasteiger partial charge on any atom is 0.317 e. The van der Waals surface area contributed by atoms with Gasteiger partial charge >= 0.3 is 5.97 Å². The van der Waals surface area contributed by atoms with E-state index >= 15 is 0 Å². The fourth-order valence-electron chi connectivity index (χ4n) is 1.87. The van der Waals surface area contributed by atoms with Crippen molar-refractivity contribution in [2.45, 2.75) is 6.42 Å². The minimum atomic E-state index is -0.850. The summed E-state index contributed by atoms with van der Waals surface area (Å²) in [5, 5.41) is 19.5. The maximum absolute atomic E-state index is 10.9. The van der Waals surface area contributed by atoms with E-state index in [2.05, 4.69) is 0 Å². The van der Waals surface area contributed by atoms with Crippen molar-refractivity contribution in [2.24, 2.45) is 0 Å². The second-order valence-electron chi connectivity index (χ2n) is 5.15.